The summed E-state index contributed by atoms with van der Waals surface area (Å²) in [6.07, 6.45) is 1.12. The Bertz CT molecular complexity index is 260. The number of aliphatic carboxylic acids is 1. The van der Waals surface area contributed by atoms with Crippen LogP contribution in [0.4, 0.5) is 0 Å². The summed E-state index contributed by atoms with van der Waals surface area (Å²) in [5.74, 6) is -1.35. The molecule has 0 saturated heterocycles. The normalized spacial score (nSPS) is 37.8. The van der Waals surface area contributed by atoms with Crippen LogP contribution in [0.2, 0.25) is 0 Å². The fourth-order valence-corrected chi connectivity index (χ4v) is 1.77. The van der Waals surface area contributed by atoms with Crippen LogP contribution in [-0.2, 0) is 14.3 Å². The van der Waals surface area contributed by atoms with Gasteiger partial charge in [-0.05, 0) is 26.7 Å². The first-order valence-electron chi connectivity index (χ1n) is 4.20. The Balaban J connectivity index is 2.94. The van der Waals surface area contributed by atoms with Crippen molar-refractivity contribution in [2.45, 2.75) is 26.7 Å². The fourth-order valence-electron chi connectivity index (χ4n) is 1.77. The number of rotatable bonds is 2. The highest BCUT2D eigenvalue weighted by Crippen LogP contribution is 2.57. The average molecular weight is 186 g/mol. The van der Waals surface area contributed by atoms with E-state index < -0.39 is 22.8 Å². The van der Waals surface area contributed by atoms with E-state index in [1.807, 2.05) is 0 Å². The molecule has 2 unspecified atom stereocenters. The molecule has 0 bridgehead atoms. The third-order valence-electron chi connectivity index (χ3n) is 3.45. The van der Waals surface area contributed by atoms with Crippen LogP contribution in [0.5, 0.6) is 0 Å². The van der Waals surface area contributed by atoms with Gasteiger partial charge >= 0.3 is 11.9 Å². The van der Waals surface area contributed by atoms with E-state index in [-0.39, 0.29) is 0 Å². The van der Waals surface area contributed by atoms with Crippen molar-refractivity contribution in [2.24, 2.45) is 10.8 Å². The Kier molecular flexibility index (Phi) is 2.10. The van der Waals surface area contributed by atoms with Crippen molar-refractivity contribution in [1.82, 2.24) is 0 Å². The van der Waals surface area contributed by atoms with Gasteiger partial charge in [0.25, 0.3) is 0 Å². The predicted octanol–water partition coefficient (Wildman–Crippen LogP) is 1.05. The van der Waals surface area contributed by atoms with Gasteiger partial charge in [0.05, 0.1) is 17.9 Å². The van der Waals surface area contributed by atoms with Gasteiger partial charge in [-0.25, -0.2) is 0 Å². The van der Waals surface area contributed by atoms with Crippen LogP contribution in [0.3, 0.4) is 0 Å². The molecule has 4 heteroatoms. The quantitative estimate of drug-likeness (QED) is 0.655. The summed E-state index contributed by atoms with van der Waals surface area (Å²) >= 11 is 0. The zero-order valence-electron chi connectivity index (χ0n) is 8.09. The highest BCUT2D eigenvalue weighted by Gasteiger charge is 2.63. The monoisotopic (exact) mass is 186 g/mol. The van der Waals surface area contributed by atoms with Crippen LogP contribution in [0.15, 0.2) is 0 Å². The van der Waals surface area contributed by atoms with E-state index in [1.165, 1.54) is 7.11 Å². The number of carboxylic acids is 1. The molecule has 4 nitrogen and oxygen atoms in total. The zero-order valence-corrected chi connectivity index (χ0v) is 8.09. The second kappa shape index (κ2) is 2.72. The standard InChI is InChI=1S/C9H14O4/c1-8(6(10)11)4-5-9(8,2)7(12)13-3/h4-5H2,1-3H3,(H,10,11). The van der Waals surface area contributed by atoms with Gasteiger partial charge in [0, 0.05) is 0 Å². The first-order chi connectivity index (χ1) is 5.88. The van der Waals surface area contributed by atoms with Crippen LogP contribution in [0.1, 0.15) is 26.7 Å². The first-order valence-corrected chi connectivity index (χ1v) is 4.20. The van der Waals surface area contributed by atoms with Crippen molar-refractivity contribution in [3.63, 3.8) is 0 Å². The maximum Gasteiger partial charge on any atom is 0.312 e. The lowest BCUT2D eigenvalue weighted by Gasteiger charge is -2.50. The Morgan fingerprint density at radius 3 is 1.92 bits per heavy atom. The van der Waals surface area contributed by atoms with E-state index in [0.29, 0.717) is 12.8 Å². The van der Waals surface area contributed by atoms with Crippen molar-refractivity contribution in [1.29, 1.82) is 0 Å². The average Bonchev–Trinajstić information content (AvgIpc) is 2.11. The van der Waals surface area contributed by atoms with E-state index >= 15 is 0 Å². The van der Waals surface area contributed by atoms with E-state index in [2.05, 4.69) is 4.74 Å². The Labute approximate surface area is 76.9 Å². The summed E-state index contributed by atoms with van der Waals surface area (Å²) in [5, 5.41) is 8.96. The smallest absolute Gasteiger partial charge is 0.312 e. The molecule has 1 rings (SSSR count). The summed E-state index contributed by atoms with van der Waals surface area (Å²) in [7, 11) is 1.29. The van der Waals surface area contributed by atoms with Crippen LogP contribution in [-0.4, -0.2) is 24.2 Å². The van der Waals surface area contributed by atoms with E-state index in [4.69, 9.17) is 5.11 Å². The minimum Gasteiger partial charge on any atom is -0.481 e. The van der Waals surface area contributed by atoms with Gasteiger partial charge in [0.1, 0.15) is 0 Å². The molecule has 0 heterocycles. The zero-order chi connectivity index (χ0) is 10.3. The third kappa shape index (κ3) is 1.04. The second-order valence-corrected chi connectivity index (χ2v) is 3.96. The lowest BCUT2D eigenvalue weighted by Crippen LogP contribution is -2.57. The molecule has 1 aliphatic carbocycles. The van der Waals surface area contributed by atoms with Crippen LogP contribution in [0, 0.1) is 10.8 Å². The molecular formula is C9H14O4. The minimum absolute atomic E-state index is 0.427. The van der Waals surface area contributed by atoms with Crippen molar-refractivity contribution in [2.75, 3.05) is 7.11 Å². The first kappa shape index (κ1) is 10.0. The number of ether oxygens (including phenoxy) is 1. The Morgan fingerprint density at radius 2 is 1.69 bits per heavy atom. The summed E-state index contributed by atoms with van der Waals surface area (Å²) in [6, 6.07) is 0. The van der Waals surface area contributed by atoms with Gasteiger partial charge in [-0.1, -0.05) is 0 Å². The summed E-state index contributed by atoms with van der Waals surface area (Å²) in [4.78, 5) is 22.3. The van der Waals surface area contributed by atoms with Crippen LogP contribution < -0.4 is 0 Å². The summed E-state index contributed by atoms with van der Waals surface area (Å²) < 4.78 is 4.60. The molecule has 1 aliphatic rings. The minimum atomic E-state index is -0.958. The van der Waals surface area contributed by atoms with E-state index in [1.54, 1.807) is 13.8 Å². The second-order valence-electron chi connectivity index (χ2n) is 3.96. The maximum absolute atomic E-state index is 11.4. The molecule has 0 amide bonds. The third-order valence-corrected chi connectivity index (χ3v) is 3.45. The SMILES string of the molecule is COC(=O)C1(C)CCC1(C)C(=O)O. The van der Waals surface area contributed by atoms with Gasteiger partial charge < -0.3 is 9.84 Å². The van der Waals surface area contributed by atoms with E-state index in [9.17, 15) is 9.59 Å². The molecule has 1 fully saturated rings. The van der Waals surface area contributed by atoms with E-state index in [0.717, 1.165) is 0 Å². The topological polar surface area (TPSA) is 63.6 Å². The lowest BCUT2D eigenvalue weighted by molar-refractivity contribution is -0.189. The number of carbonyl (C=O) groups is 2. The van der Waals surface area contributed by atoms with Crippen LogP contribution in [0.25, 0.3) is 0 Å². The number of methoxy groups -OCH3 is 1. The number of esters is 1. The van der Waals surface area contributed by atoms with Crippen molar-refractivity contribution in [3.8, 4) is 0 Å². The molecule has 0 aromatic rings. The van der Waals surface area contributed by atoms with Crippen LogP contribution >= 0.6 is 0 Å². The highest BCUT2D eigenvalue weighted by molar-refractivity contribution is 5.89. The van der Waals surface area contributed by atoms with Gasteiger partial charge in [-0.15, -0.1) is 0 Å². The van der Waals surface area contributed by atoms with Gasteiger partial charge in [0.2, 0.25) is 0 Å². The Hall–Kier alpha value is -1.06. The highest BCUT2D eigenvalue weighted by atomic mass is 16.5. The number of hydrogen-bond donors (Lipinski definition) is 1. The van der Waals surface area contributed by atoms with Crippen molar-refractivity contribution < 1.29 is 19.4 Å². The predicted molar refractivity (Wildman–Crippen MR) is 45.1 cm³/mol. The van der Waals surface area contributed by atoms with Crippen molar-refractivity contribution in [3.05, 3.63) is 0 Å². The van der Waals surface area contributed by atoms with Gasteiger partial charge in [-0.2, -0.15) is 0 Å². The molecule has 0 aromatic heterocycles. The molecule has 0 aliphatic heterocycles. The molecule has 0 radical (unpaired) electrons. The fraction of sp³-hybridized carbons (Fsp3) is 0.778. The lowest BCUT2D eigenvalue weighted by atomic mass is 9.51. The number of hydrogen-bond acceptors (Lipinski definition) is 3. The molecule has 13 heavy (non-hydrogen) atoms. The van der Waals surface area contributed by atoms with Gasteiger partial charge in [0.15, 0.2) is 0 Å². The molecule has 0 spiro atoms. The number of carboxylic acid groups (broad SMARTS) is 1. The molecule has 74 valence electrons. The molecule has 0 aromatic carbocycles. The maximum atomic E-state index is 11.4. The van der Waals surface area contributed by atoms with Crippen molar-refractivity contribution >= 4 is 11.9 Å². The largest absolute Gasteiger partial charge is 0.481 e. The Morgan fingerprint density at radius 1 is 1.23 bits per heavy atom. The molecular weight excluding hydrogens is 172 g/mol. The number of carbonyl (C=O) groups excluding carboxylic acids is 1. The molecule has 1 saturated carbocycles. The molecule has 2 atom stereocenters. The summed E-state index contributed by atoms with van der Waals surface area (Å²) in [5.41, 5.74) is -1.81. The molecule has 1 N–H and O–H groups in total. The van der Waals surface area contributed by atoms with Gasteiger partial charge in [-0.3, -0.25) is 9.59 Å². The summed E-state index contributed by atoms with van der Waals surface area (Å²) in [6.45, 7) is 3.24.